The molecular formula is C19H16Cl2N4. The lowest BCUT2D eigenvalue weighted by molar-refractivity contribution is 0.975. The molecule has 0 aliphatic heterocycles. The Balaban J connectivity index is 1.87. The highest BCUT2D eigenvalue weighted by Gasteiger charge is 2.11. The van der Waals surface area contributed by atoms with Gasteiger partial charge in [0.1, 0.15) is 5.15 Å². The summed E-state index contributed by atoms with van der Waals surface area (Å²) in [6.45, 7) is 0.581. The van der Waals surface area contributed by atoms with Crippen LogP contribution in [0.5, 0.6) is 0 Å². The van der Waals surface area contributed by atoms with Crippen molar-refractivity contribution in [3.63, 3.8) is 0 Å². The summed E-state index contributed by atoms with van der Waals surface area (Å²) < 4.78 is 0. The number of benzene rings is 2. The minimum Gasteiger partial charge on any atom is -0.354 e. The molecular weight excluding hydrogens is 355 g/mol. The smallest absolute Gasteiger partial charge is 0.129 e. The van der Waals surface area contributed by atoms with Crippen LogP contribution in [0.25, 0.3) is 21.8 Å². The summed E-state index contributed by atoms with van der Waals surface area (Å²) in [6, 6.07) is 13.7. The van der Waals surface area contributed by atoms with Crippen LogP contribution >= 0.6 is 23.2 Å². The van der Waals surface area contributed by atoms with Gasteiger partial charge in [0.2, 0.25) is 0 Å². The molecule has 0 saturated heterocycles. The number of anilines is 2. The fraction of sp³-hybridized carbons (Fsp3) is 0.105. The molecule has 0 aliphatic rings. The number of nitrogens with zero attached hydrogens (tertiary/aromatic N) is 1. The quantitative estimate of drug-likeness (QED) is 0.428. The third-order valence-corrected chi connectivity index (χ3v) is 4.64. The normalized spacial score (nSPS) is 11.3. The van der Waals surface area contributed by atoms with Crippen molar-refractivity contribution in [2.75, 3.05) is 11.9 Å². The van der Waals surface area contributed by atoms with Crippen molar-refractivity contribution in [3.8, 4) is 0 Å². The summed E-state index contributed by atoms with van der Waals surface area (Å²) in [6.07, 6.45) is 2.49. The maximum atomic E-state index is 6.19. The molecule has 0 amide bonds. The SMILES string of the molecule is NCCc1cc(Nc2ccc(Cl)nc2)cc2c1[nH]c1ccc(Cl)cc12. The van der Waals surface area contributed by atoms with Crippen LogP contribution in [0.4, 0.5) is 11.4 Å². The van der Waals surface area contributed by atoms with Crippen LogP contribution in [0.1, 0.15) is 5.56 Å². The Hall–Kier alpha value is -2.27. The zero-order valence-corrected chi connectivity index (χ0v) is 14.8. The van der Waals surface area contributed by atoms with Gasteiger partial charge in [0.05, 0.1) is 11.9 Å². The Morgan fingerprint density at radius 1 is 1.00 bits per heavy atom. The molecule has 0 spiro atoms. The minimum atomic E-state index is 0.469. The second kappa shape index (κ2) is 6.56. The average molecular weight is 371 g/mol. The largest absolute Gasteiger partial charge is 0.354 e. The van der Waals surface area contributed by atoms with Gasteiger partial charge < -0.3 is 16.0 Å². The number of fused-ring (bicyclic) bond motifs is 3. The van der Waals surface area contributed by atoms with E-state index in [9.17, 15) is 0 Å². The molecule has 6 heteroatoms. The van der Waals surface area contributed by atoms with E-state index in [0.717, 1.165) is 45.2 Å². The molecule has 126 valence electrons. The topological polar surface area (TPSA) is 66.7 Å². The molecule has 0 atom stereocenters. The van der Waals surface area contributed by atoms with Crippen LogP contribution in [0, 0.1) is 0 Å². The van der Waals surface area contributed by atoms with Gasteiger partial charge in [0.25, 0.3) is 0 Å². The van der Waals surface area contributed by atoms with Gasteiger partial charge in [-0.2, -0.15) is 0 Å². The second-order valence-electron chi connectivity index (χ2n) is 5.91. The van der Waals surface area contributed by atoms with Gasteiger partial charge in [-0.05, 0) is 61.0 Å². The molecule has 4 N–H and O–H groups in total. The number of hydrogen-bond acceptors (Lipinski definition) is 3. The van der Waals surface area contributed by atoms with Crippen molar-refractivity contribution in [2.45, 2.75) is 6.42 Å². The number of hydrogen-bond donors (Lipinski definition) is 3. The molecule has 2 aromatic heterocycles. The Labute approximate surface area is 155 Å². The fourth-order valence-electron chi connectivity index (χ4n) is 3.09. The number of nitrogens with one attached hydrogen (secondary N) is 2. The Kier molecular flexibility index (Phi) is 4.25. The standard InChI is InChI=1S/C19H16Cl2N4/c20-12-1-3-17-15(8-12)16-9-14(7-11(5-6-22)19(16)25-17)24-13-2-4-18(21)23-10-13/h1-4,7-10,24-25H,5-6,22H2. The second-order valence-corrected chi connectivity index (χ2v) is 6.73. The highest BCUT2D eigenvalue weighted by Crippen LogP contribution is 2.33. The van der Waals surface area contributed by atoms with Crippen LogP contribution < -0.4 is 11.1 Å². The molecule has 4 nitrogen and oxygen atoms in total. The predicted octanol–water partition coefficient (Wildman–Crippen LogP) is 5.27. The predicted molar refractivity (Wildman–Crippen MR) is 106 cm³/mol. The van der Waals surface area contributed by atoms with E-state index in [1.54, 1.807) is 12.3 Å². The first-order valence-corrected chi connectivity index (χ1v) is 8.72. The van der Waals surface area contributed by atoms with Crippen molar-refractivity contribution in [3.05, 3.63) is 64.4 Å². The lowest BCUT2D eigenvalue weighted by atomic mass is 10.0. The van der Waals surface area contributed by atoms with Gasteiger partial charge in [-0.25, -0.2) is 4.98 Å². The van der Waals surface area contributed by atoms with E-state index < -0.39 is 0 Å². The van der Waals surface area contributed by atoms with Crippen molar-refractivity contribution in [1.82, 2.24) is 9.97 Å². The fourth-order valence-corrected chi connectivity index (χ4v) is 3.37. The maximum absolute atomic E-state index is 6.19. The van der Waals surface area contributed by atoms with Gasteiger partial charge in [0, 0.05) is 32.5 Å². The van der Waals surface area contributed by atoms with Crippen molar-refractivity contribution in [2.24, 2.45) is 5.73 Å². The van der Waals surface area contributed by atoms with Gasteiger partial charge in [0.15, 0.2) is 0 Å². The lowest BCUT2D eigenvalue weighted by Gasteiger charge is -2.10. The summed E-state index contributed by atoms with van der Waals surface area (Å²) in [5.41, 5.74) is 11.0. The van der Waals surface area contributed by atoms with Crippen LogP contribution in [0.3, 0.4) is 0 Å². The van der Waals surface area contributed by atoms with Crippen molar-refractivity contribution >= 4 is 56.4 Å². The van der Waals surface area contributed by atoms with Crippen molar-refractivity contribution in [1.29, 1.82) is 0 Å². The van der Waals surface area contributed by atoms with Crippen molar-refractivity contribution < 1.29 is 0 Å². The molecule has 0 unspecified atom stereocenters. The first-order valence-electron chi connectivity index (χ1n) is 7.96. The number of aromatic amines is 1. The van der Waals surface area contributed by atoms with E-state index in [2.05, 4.69) is 27.4 Å². The molecule has 4 aromatic rings. The van der Waals surface area contributed by atoms with Gasteiger partial charge in [-0.3, -0.25) is 0 Å². The van der Waals surface area contributed by atoms with Gasteiger partial charge >= 0.3 is 0 Å². The third-order valence-electron chi connectivity index (χ3n) is 4.18. The van der Waals surface area contributed by atoms with Gasteiger partial charge in [-0.15, -0.1) is 0 Å². The minimum absolute atomic E-state index is 0.469. The van der Waals surface area contributed by atoms with Crippen LogP contribution in [-0.2, 0) is 6.42 Å². The van der Waals surface area contributed by atoms with E-state index in [0.29, 0.717) is 16.7 Å². The molecule has 25 heavy (non-hydrogen) atoms. The first kappa shape index (κ1) is 16.2. The molecule has 0 saturated carbocycles. The van der Waals surface area contributed by atoms with Gasteiger partial charge in [-0.1, -0.05) is 23.2 Å². The molecule has 4 rings (SSSR count). The van der Waals surface area contributed by atoms with Crippen LogP contribution in [0.2, 0.25) is 10.2 Å². The van der Waals surface area contributed by atoms with Crippen LogP contribution in [-0.4, -0.2) is 16.5 Å². The number of rotatable bonds is 4. The number of pyridine rings is 1. The number of aromatic nitrogens is 2. The van der Waals surface area contributed by atoms with E-state index in [-0.39, 0.29) is 0 Å². The maximum Gasteiger partial charge on any atom is 0.129 e. The first-order chi connectivity index (χ1) is 12.1. The highest BCUT2D eigenvalue weighted by atomic mass is 35.5. The summed E-state index contributed by atoms with van der Waals surface area (Å²) in [5, 5.41) is 6.78. The Bertz CT molecular complexity index is 1050. The Morgan fingerprint density at radius 2 is 1.88 bits per heavy atom. The van der Waals surface area contributed by atoms with E-state index in [1.807, 2.05) is 24.3 Å². The zero-order valence-electron chi connectivity index (χ0n) is 13.3. The highest BCUT2D eigenvalue weighted by molar-refractivity contribution is 6.32. The zero-order chi connectivity index (χ0) is 17.4. The summed E-state index contributed by atoms with van der Waals surface area (Å²) in [5.74, 6) is 0. The molecule has 0 fully saturated rings. The molecule has 2 heterocycles. The van der Waals surface area contributed by atoms with E-state index in [4.69, 9.17) is 28.9 Å². The Morgan fingerprint density at radius 3 is 2.64 bits per heavy atom. The molecule has 0 aliphatic carbocycles. The average Bonchev–Trinajstić information content (AvgIpc) is 2.96. The van der Waals surface area contributed by atoms with E-state index in [1.165, 1.54) is 0 Å². The van der Waals surface area contributed by atoms with E-state index >= 15 is 0 Å². The number of H-pyrrole nitrogens is 1. The summed E-state index contributed by atoms with van der Waals surface area (Å²) in [7, 11) is 0. The number of nitrogens with two attached hydrogens (primary N) is 1. The molecule has 0 radical (unpaired) electrons. The molecule has 0 bridgehead atoms. The molecule has 2 aromatic carbocycles. The monoisotopic (exact) mass is 370 g/mol. The lowest BCUT2D eigenvalue weighted by Crippen LogP contribution is -2.04. The van der Waals surface area contributed by atoms with Crippen LogP contribution in [0.15, 0.2) is 48.7 Å². The third kappa shape index (κ3) is 3.16. The number of halogens is 2. The summed E-state index contributed by atoms with van der Waals surface area (Å²) >= 11 is 12.0. The summed E-state index contributed by atoms with van der Waals surface area (Å²) in [4.78, 5) is 7.59.